The molecule has 4 nitrogen and oxygen atoms in total. The van der Waals surface area contributed by atoms with Crippen molar-refractivity contribution in [3.63, 3.8) is 0 Å². The number of carbonyl (C=O) groups is 1. The normalized spacial score (nSPS) is 10.4. The molecule has 0 bridgehead atoms. The fourth-order valence-electron chi connectivity index (χ4n) is 1.16. The number of rotatable bonds is 3. The van der Waals surface area contributed by atoms with Gasteiger partial charge in [0, 0.05) is 5.56 Å². The highest BCUT2D eigenvalue weighted by Crippen LogP contribution is 2.12. The van der Waals surface area contributed by atoms with Crippen molar-refractivity contribution in [1.29, 1.82) is 0 Å². The number of aliphatic hydroxyl groups is 2. The van der Waals surface area contributed by atoms with Gasteiger partial charge >= 0.3 is 5.97 Å². The Morgan fingerprint density at radius 1 is 1.28 bits per heavy atom. The summed E-state index contributed by atoms with van der Waals surface area (Å²) >= 11 is 0. The topological polar surface area (TPSA) is 66.8 Å². The molecule has 0 aliphatic carbocycles. The van der Waals surface area contributed by atoms with E-state index >= 15 is 0 Å². The number of methoxy groups -OCH3 is 1. The molecule has 96 valence electrons. The van der Waals surface area contributed by atoms with Crippen molar-refractivity contribution >= 4 is 5.97 Å². The monoisotopic (exact) mass is 248 g/mol. The zero-order chi connectivity index (χ0) is 13.6. The Kier molecular flexibility index (Phi) is 4.90. The van der Waals surface area contributed by atoms with Gasteiger partial charge in [-0.15, -0.1) is 0 Å². The lowest BCUT2D eigenvalue weighted by Gasteiger charge is -2.16. The third-order valence-corrected chi connectivity index (χ3v) is 2.51. The van der Waals surface area contributed by atoms with E-state index in [2.05, 4.69) is 16.6 Å². The molecule has 0 saturated heterocycles. The van der Waals surface area contributed by atoms with Crippen LogP contribution in [0.1, 0.15) is 22.8 Å². The summed E-state index contributed by atoms with van der Waals surface area (Å²) in [4.78, 5) is 11.2. The smallest absolute Gasteiger partial charge is 0.337 e. The van der Waals surface area contributed by atoms with E-state index in [-0.39, 0.29) is 13.2 Å². The second-order valence-electron chi connectivity index (χ2n) is 4.20. The van der Waals surface area contributed by atoms with Crippen LogP contribution in [0.5, 0.6) is 0 Å². The first-order valence-corrected chi connectivity index (χ1v) is 5.48. The predicted molar refractivity (Wildman–Crippen MR) is 66.9 cm³/mol. The molecule has 0 unspecified atom stereocenters. The van der Waals surface area contributed by atoms with Crippen molar-refractivity contribution in [1.82, 2.24) is 0 Å². The number of hydrogen-bond acceptors (Lipinski definition) is 4. The average molecular weight is 248 g/mol. The Hall–Kier alpha value is -1.83. The predicted octanol–water partition coefficient (Wildman–Crippen LogP) is 0.816. The minimum atomic E-state index is -0.818. The van der Waals surface area contributed by atoms with Gasteiger partial charge in [0.25, 0.3) is 0 Å². The molecule has 0 amide bonds. The molecule has 0 heterocycles. The first kappa shape index (κ1) is 14.2. The lowest BCUT2D eigenvalue weighted by atomic mass is 9.93. The molecule has 0 aliphatic heterocycles. The Morgan fingerprint density at radius 2 is 1.83 bits per heavy atom. The van der Waals surface area contributed by atoms with Crippen LogP contribution in [0.2, 0.25) is 0 Å². The SMILES string of the molecule is COC(=O)c1ccc(C#CC(C)(CO)CO)cc1. The Labute approximate surface area is 106 Å². The van der Waals surface area contributed by atoms with Gasteiger partial charge in [-0.2, -0.15) is 0 Å². The van der Waals surface area contributed by atoms with E-state index in [0.29, 0.717) is 11.1 Å². The van der Waals surface area contributed by atoms with Crippen LogP contribution in [0, 0.1) is 17.3 Å². The van der Waals surface area contributed by atoms with Crippen molar-refractivity contribution in [2.24, 2.45) is 5.41 Å². The molecule has 0 radical (unpaired) electrons. The van der Waals surface area contributed by atoms with Crippen LogP contribution in [0.3, 0.4) is 0 Å². The van der Waals surface area contributed by atoms with Gasteiger partial charge in [0.05, 0.1) is 31.3 Å². The maximum atomic E-state index is 11.2. The molecule has 0 atom stereocenters. The van der Waals surface area contributed by atoms with Crippen molar-refractivity contribution in [2.45, 2.75) is 6.92 Å². The largest absolute Gasteiger partial charge is 0.465 e. The van der Waals surface area contributed by atoms with Gasteiger partial charge in [-0.05, 0) is 31.2 Å². The lowest BCUT2D eigenvalue weighted by molar-refractivity contribution is 0.0600. The summed E-state index contributed by atoms with van der Waals surface area (Å²) in [5.41, 5.74) is 0.340. The lowest BCUT2D eigenvalue weighted by Crippen LogP contribution is -2.23. The van der Waals surface area contributed by atoms with Gasteiger partial charge in [-0.3, -0.25) is 0 Å². The summed E-state index contributed by atoms with van der Waals surface area (Å²) in [6.07, 6.45) is 0. The van der Waals surface area contributed by atoms with Gasteiger partial charge in [-0.1, -0.05) is 11.8 Å². The van der Waals surface area contributed by atoms with Crippen molar-refractivity contribution in [2.75, 3.05) is 20.3 Å². The first-order chi connectivity index (χ1) is 8.54. The number of aliphatic hydroxyl groups excluding tert-OH is 2. The van der Waals surface area contributed by atoms with Crippen LogP contribution < -0.4 is 0 Å². The fraction of sp³-hybridized carbons (Fsp3) is 0.357. The summed E-state index contributed by atoms with van der Waals surface area (Å²) in [5.74, 6) is 5.26. The molecular weight excluding hydrogens is 232 g/mol. The molecule has 1 aromatic carbocycles. The quantitative estimate of drug-likeness (QED) is 0.614. The Balaban J connectivity index is 2.88. The summed E-state index contributed by atoms with van der Waals surface area (Å²) < 4.78 is 4.58. The fourth-order valence-corrected chi connectivity index (χ4v) is 1.16. The van der Waals surface area contributed by atoms with Gasteiger partial charge in [0.2, 0.25) is 0 Å². The number of esters is 1. The molecule has 1 rings (SSSR count). The second kappa shape index (κ2) is 6.20. The van der Waals surface area contributed by atoms with Crippen LogP contribution in [0.4, 0.5) is 0 Å². The second-order valence-corrected chi connectivity index (χ2v) is 4.20. The summed E-state index contributed by atoms with van der Waals surface area (Å²) in [6.45, 7) is 1.25. The van der Waals surface area contributed by atoms with Gasteiger partial charge in [0.1, 0.15) is 0 Å². The minimum absolute atomic E-state index is 0.212. The van der Waals surface area contributed by atoms with E-state index in [0.717, 1.165) is 0 Å². The van der Waals surface area contributed by atoms with Crippen molar-refractivity contribution in [3.8, 4) is 11.8 Å². The molecule has 0 spiro atoms. The molecule has 0 aliphatic rings. The highest BCUT2D eigenvalue weighted by atomic mass is 16.5. The maximum Gasteiger partial charge on any atom is 0.337 e. The molecule has 4 heteroatoms. The van der Waals surface area contributed by atoms with Crippen LogP contribution in [0.15, 0.2) is 24.3 Å². The highest BCUT2D eigenvalue weighted by Gasteiger charge is 2.18. The molecule has 18 heavy (non-hydrogen) atoms. The highest BCUT2D eigenvalue weighted by molar-refractivity contribution is 5.89. The van der Waals surface area contributed by atoms with E-state index < -0.39 is 11.4 Å². The average Bonchev–Trinajstić information content (AvgIpc) is 2.44. The van der Waals surface area contributed by atoms with Crippen LogP contribution >= 0.6 is 0 Å². The number of carbonyl (C=O) groups excluding carboxylic acids is 1. The van der Waals surface area contributed by atoms with Crippen LogP contribution in [-0.4, -0.2) is 36.5 Å². The summed E-state index contributed by atoms with van der Waals surface area (Å²) in [5, 5.41) is 18.2. The third kappa shape index (κ3) is 3.59. The zero-order valence-corrected chi connectivity index (χ0v) is 10.4. The van der Waals surface area contributed by atoms with Gasteiger partial charge in [0.15, 0.2) is 0 Å². The standard InChI is InChI=1S/C14H16O4/c1-14(9-15,10-16)8-7-11-3-5-12(6-4-11)13(17)18-2/h3-6,15-16H,9-10H2,1-2H3. The maximum absolute atomic E-state index is 11.2. The molecule has 0 fully saturated rings. The molecule has 2 N–H and O–H groups in total. The molecule has 1 aromatic rings. The summed E-state index contributed by atoms with van der Waals surface area (Å²) in [7, 11) is 1.32. The zero-order valence-electron chi connectivity index (χ0n) is 10.4. The number of ether oxygens (including phenoxy) is 1. The molecule has 0 aromatic heterocycles. The van der Waals surface area contributed by atoms with Crippen LogP contribution in [-0.2, 0) is 4.74 Å². The first-order valence-electron chi connectivity index (χ1n) is 5.48. The van der Waals surface area contributed by atoms with Crippen LogP contribution in [0.25, 0.3) is 0 Å². The molecular formula is C14H16O4. The summed E-state index contributed by atoms with van der Waals surface area (Å²) in [6, 6.07) is 6.61. The van der Waals surface area contributed by atoms with Crippen molar-refractivity contribution < 1.29 is 19.7 Å². The third-order valence-electron chi connectivity index (χ3n) is 2.51. The van der Waals surface area contributed by atoms with Gasteiger partial charge < -0.3 is 14.9 Å². The Bertz CT molecular complexity index is 461. The van der Waals surface area contributed by atoms with Gasteiger partial charge in [-0.25, -0.2) is 4.79 Å². The minimum Gasteiger partial charge on any atom is -0.465 e. The number of benzene rings is 1. The van der Waals surface area contributed by atoms with Crippen molar-refractivity contribution in [3.05, 3.63) is 35.4 Å². The Morgan fingerprint density at radius 3 is 2.28 bits per heavy atom. The van der Waals surface area contributed by atoms with E-state index in [1.807, 2.05) is 0 Å². The van der Waals surface area contributed by atoms with E-state index in [9.17, 15) is 4.79 Å². The molecule has 0 saturated carbocycles. The van der Waals surface area contributed by atoms with E-state index in [1.165, 1.54) is 7.11 Å². The number of hydrogen-bond donors (Lipinski definition) is 2. The van der Waals surface area contributed by atoms with E-state index in [1.54, 1.807) is 31.2 Å². The van der Waals surface area contributed by atoms with E-state index in [4.69, 9.17) is 10.2 Å².